The number of aromatic nitrogens is 1. The van der Waals surface area contributed by atoms with Crippen LogP contribution in [0.25, 0.3) is 17.3 Å². The van der Waals surface area contributed by atoms with Gasteiger partial charge in [0, 0.05) is 17.0 Å². The van der Waals surface area contributed by atoms with Gasteiger partial charge in [-0.1, -0.05) is 38.1 Å². The molecular formula is C22H21BrN2O2S. The highest BCUT2D eigenvalue weighted by atomic mass is 79.9. The van der Waals surface area contributed by atoms with E-state index in [1.165, 1.54) is 23.0 Å². The van der Waals surface area contributed by atoms with Crippen LogP contribution >= 0.6 is 27.3 Å². The van der Waals surface area contributed by atoms with Crippen molar-refractivity contribution >= 4 is 44.4 Å². The SMILES string of the molecule is COc1ccc(-c2csc(NC(=O)C=Cc3ccc(C(C)C)cc3)n2)cc1Br. The van der Waals surface area contributed by atoms with Crippen LogP contribution in [0.1, 0.15) is 30.9 Å². The minimum atomic E-state index is -0.204. The van der Waals surface area contributed by atoms with E-state index in [0.29, 0.717) is 11.0 Å². The Labute approximate surface area is 177 Å². The van der Waals surface area contributed by atoms with E-state index in [4.69, 9.17) is 4.74 Å². The maximum absolute atomic E-state index is 12.2. The summed E-state index contributed by atoms with van der Waals surface area (Å²) in [6.45, 7) is 4.32. The molecule has 0 fully saturated rings. The molecule has 3 aromatic rings. The Morgan fingerprint density at radius 2 is 1.96 bits per heavy atom. The summed E-state index contributed by atoms with van der Waals surface area (Å²) in [4.78, 5) is 16.7. The quantitative estimate of drug-likeness (QED) is 0.439. The van der Waals surface area contributed by atoms with E-state index in [9.17, 15) is 4.79 Å². The monoisotopic (exact) mass is 456 g/mol. The first-order chi connectivity index (χ1) is 13.5. The van der Waals surface area contributed by atoms with Gasteiger partial charge in [-0.05, 0) is 57.2 Å². The van der Waals surface area contributed by atoms with E-state index >= 15 is 0 Å². The first-order valence-electron chi connectivity index (χ1n) is 8.84. The molecule has 0 unspecified atom stereocenters. The number of nitrogens with one attached hydrogen (secondary N) is 1. The molecule has 1 amide bonds. The normalized spacial score (nSPS) is 11.2. The number of hydrogen-bond donors (Lipinski definition) is 1. The van der Waals surface area contributed by atoms with E-state index in [1.807, 2.05) is 35.7 Å². The van der Waals surface area contributed by atoms with Crippen LogP contribution in [0.3, 0.4) is 0 Å². The summed E-state index contributed by atoms with van der Waals surface area (Å²) in [5.74, 6) is 1.05. The zero-order valence-corrected chi connectivity index (χ0v) is 18.3. The summed E-state index contributed by atoms with van der Waals surface area (Å²) in [5, 5.41) is 5.29. The lowest BCUT2D eigenvalue weighted by molar-refractivity contribution is -0.111. The zero-order valence-electron chi connectivity index (χ0n) is 15.9. The second-order valence-corrected chi connectivity index (χ2v) is 8.24. The zero-order chi connectivity index (χ0) is 20.1. The first kappa shape index (κ1) is 20.3. The van der Waals surface area contributed by atoms with Crippen molar-refractivity contribution in [2.24, 2.45) is 0 Å². The second kappa shape index (κ2) is 9.17. The minimum Gasteiger partial charge on any atom is -0.496 e. The summed E-state index contributed by atoms with van der Waals surface area (Å²) in [6.07, 6.45) is 3.32. The largest absolute Gasteiger partial charge is 0.496 e. The van der Waals surface area contributed by atoms with Gasteiger partial charge in [0.15, 0.2) is 5.13 Å². The van der Waals surface area contributed by atoms with Gasteiger partial charge in [0.1, 0.15) is 5.75 Å². The Hall–Kier alpha value is -2.44. The Bertz CT molecular complexity index is 994. The number of methoxy groups -OCH3 is 1. The predicted octanol–water partition coefficient (Wildman–Crippen LogP) is 6.36. The average Bonchev–Trinajstić information content (AvgIpc) is 3.15. The number of carbonyl (C=O) groups excluding carboxylic acids is 1. The number of amides is 1. The fraction of sp³-hybridized carbons (Fsp3) is 0.182. The molecule has 4 nitrogen and oxygen atoms in total. The van der Waals surface area contributed by atoms with Crippen LogP contribution in [0.4, 0.5) is 5.13 Å². The molecule has 0 aliphatic rings. The van der Waals surface area contributed by atoms with Crippen LogP contribution in [0.15, 0.2) is 58.4 Å². The van der Waals surface area contributed by atoms with Crippen LogP contribution in [0.5, 0.6) is 5.75 Å². The number of nitrogens with zero attached hydrogens (tertiary/aromatic N) is 1. The van der Waals surface area contributed by atoms with Gasteiger partial charge in [-0.25, -0.2) is 4.98 Å². The smallest absolute Gasteiger partial charge is 0.250 e. The number of thiazole rings is 1. The fourth-order valence-corrected chi connectivity index (χ4v) is 3.86. The van der Waals surface area contributed by atoms with Crippen molar-refractivity contribution in [3.8, 4) is 17.0 Å². The molecule has 28 heavy (non-hydrogen) atoms. The van der Waals surface area contributed by atoms with Gasteiger partial charge in [-0.3, -0.25) is 10.1 Å². The Balaban J connectivity index is 1.64. The lowest BCUT2D eigenvalue weighted by atomic mass is 10.0. The molecule has 0 aliphatic carbocycles. The van der Waals surface area contributed by atoms with Crippen LogP contribution in [-0.2, 0) is 4.79 Å². The molecule has 144 valence electrons. The molecule has 0 saturated heterocycles. The van der Waals surface area contributed by atoms with Crippen molar-refractivity contribution in [3.63, 3.8) is 0 Å². The van der Waals surface area contributed by atoms with Gasteiger partial charge in [0.2, 0.25) is 5.91 Å². The molecule has 0 bridgehead atoms. The summed E-state index contributed by atoms with van der Waals surface area (Å²) >= 11 is 4.87. The van der Waals surface area contributed by atoms with Gasteiger partial charge in [0.05, 0.1) is 17.3 Å². The van der Waals surface area contributed by atoms with Crippen molar-refractivity contribution in [3.05, 3.63) is 69.5 Å². The molecule has 0 atom stereocenters. The van der Waals surface area contributed by atoms with Gasteiger partial charge in [-0.15, -0.1) is 11.3 Å². The molecule has 1 heterocycles. The molecule has 2 aromatic carbocycles. The van der Waals surface area contributed by atoms with Crippen LogP contribution in [-0.4, -0.2) is 18.0 Å². The molecule has 0 spiro atoms. The molecule has 1 aromatic heterocycles. The molecule has 3 rings (SSSR count). The van der Waals surface area contributed by atoms with Gasteiger partial charge in [-0.2, -0.15) is 0 Å². The van der Waals surface area contributed by atoms with Gasteiger partial charge in [0.25, 0.3) is 0 Å². The molecule has 0 radical (unpaired) electrons. The van der Waals surface area contributed by atoms with Crippen molar-refractivity contribution in [2.45, 2.75) is 19.8 Å². The van der Waals surface area contributed by atoms with Gasteiger partial charge >= 0.3 is 0 Å². The highest BCUT2D eigenvalue weighted by Gasteiger charge is 2.09. The van der Waals surface area contributed by atoms with Crippen molar-refractivity contribution in [2.75, 3.05) is 12.4 Å². The molecule has 1 N–H and O–H groups in total. The highest BCUT2D eigenvalue weighted by Crippen LogP contribution is 2.32. The number of benzene rings is 2. The fourth-order valence-electron chi connectivity index (χ4n) is 2.60. The van der Waals surface area contributed by atoms with Crippen LogP contribution < -0.4 is 10.1 Å². The van der Waals surface area contributed by atoms with E-state index < -0.39 is 0 Å². The number of hydrogen-bond acceptors (Lipinski definition) is 4. The maximum Gasteiger partial charge on any atom is 0.250 e. The average molecular weight is 457 g/mol. The Kier molecular flexibility index (Phi) is 6.65. The maximum atomic E-state index is 12.2. The molecular weight excluding hydrogens is 436 g/mol. The molecule has 0 aliphatic heterocycles. The first-order valence-corrected chi connectivity index (χ1v) is 10.5. The highest BCUT2D eigenvalue weighted by molar-refractivity contribution is 9.10. The summed E-state index contributed by atoms with van der Waals surface area (Å²) < 4.78 is 6.10. The number of carbonyl (C=O) groups is 1. The number of halogens is 1. The topological polar surface area (TPSA) is 51.2 Å². The van der Waals surface area contributed by atoms with Gasteiger partial charge < -0.3 is 4.74 Å². The number of ether oxygens (including phenoxy) is 1. The van der Waals surface area contributed by atoms with Crippen molar-refractivity contribution < 1.29 is 9.53 Å². The summed E-state index contributed by atoms with van der Waals surface area (Å²) in [7, 11) is 1.63. The van der Waals surface area contributed by atoms with Crippen LogP contribution in [0.2, 0.25) is 0 Å². The summed E-state index contributed by atoms with van der Waals surface area (Å²) in [5.41, 5.74) is 4.02. The van der Waals surface area contributed by atoms with Crippen molar-refractivity contribution in [1.29, 1.82) is 0 Å². The number of anilines is 1. The lowest BCUT2D eigenvalue weighted by Gasteiger charge is -2.04. The minimum absolute atomic E-state index is 0.204. The molecule has 6 heteroatoms. The van der Waals surface area contributed by atoms with Crippen LogP contribution in [0, 0.1) is 0 Å². The second-order valence-electron chi connectivity index (χ2n) is 6.53. The van der Waals surface area contributed by atoms with Crippen molar-refractivity contribution in [1.82, 2.24) is 4.98 Å². The standard InChI is InChI=1S/C22H21BrN2O2S/c1-14(2)16-7-4-15(5-8-16)6-11-21(26)25-22-24-19(13-28-22)17-9-10-20(27-3)18(23)12-17/h4-14H,1-3H3,(H,24,25,26). The third kappa shape index (κ3) is 5.09. The Morgan fingerprint density at radius 3 is 2.61 bits per heavy atom. The van der Waals surface area contributed by atoms with E-state index in [0.717, 1.165) is 27.0 Å². The predicted molar refractivity (Wildman–Crippen MR) is 120 cm³/mol. The molecule has 0 saturated carbocycles. The van der Waals surface area contributed by atoms with E-state index in [2.05, 4.69) is 52.2 Å². The Morgan fingerprint density at radius 1 is 1.21 bits per heavy atom. The van der Waals surface area contributed by atoms with E-state index in [1.54, 1.807) is 13.2 Å². The third-order valence-corrected chi connectivity index (χ3v) is 5.59. The summed E-state index contributed by atoms with van der Waals surface area (Å²) in [6, 6.07) is 14.0. The third-order valence-electron chi connectivity index (χ3n) is 4.21. The number of rotatable bonds is 6. The van der Waals surface area contributed by atoms with E-state index in [-0.39, 0.29) is 5.91 Å². The lowest BCUT2D eigenvalue weighted by Crippen LogP contribution is -2.07.